The molecule has 1 atom stereocenters. The second kappa shape index (κ2) is 6.85. The van der Waals surface area contributed by atoms with E-state index in [0.717, 1.165) is 19.4 Å². The molecule has 0 bridgehead atoms. The van der Waals surface area contributed by atoms with Crippen LogP contribution in [0.4, 0.5) is 0 Å². The summed E-state index contributed by atoms with van der Waals surface area (Å²) >= 11 is 0. The van der Waals surface area contributed by atoms with Gasteiger partial charge in [0.25, 0.3) is 0 Å². The highest BCUT2D eigenvalue weighted by Crippen LogP contribution is 2.13. The summed E-state index contributed by atoms with van der Waals surface area (Å²) in [6, 6.07) is 0. The molecule has 0 aromatic rings. The zero-order valence-corrected chi connectivity index (χ0v) is 9.12. The van der Waals surface area contributed by atoms with Crippen LogP contribution in [0.25, 0.3) is 0 Å². The molecular formula is C11H20O3. The highest BCUT2D eigenvalue weighted by molar-refractivity contribution is 4.86. The van der Waals surface area contributed by atoms with Gasteiger partial charge in [0.15, 0.2) is 6.29 Å². The van der Waals surface area contributed by atoms with Gasteiger partial charge in [-0.3, -0.25) is 0 Å². The maximum atomic E-state index is 5.49. The fraction of sp³-hybridized carbons (Fsp3) is 0.818. The summed E-state index contributed by atoms with van der Waals surface area (Å²) in [6.45, 7) is 6.05. The third-order valence-electron chi connectivity index (χ3n) is 1.96. The molecule has 3 nitrogen and oxygen atoms in total. The Hall–Kier alpha value is -0.540. The zero-order chi connectivity index (χ0) is 10.2. The SMILES string of the molecule is CC(C)=COCCOC1CCCCO1. The number of allylic oxidation sites excluding steroid dienone is 1. The van der Waals surface area contributed by atoms with Crippen molar-refractivity contribution in [2.24, 2.45) is 0 Å². The third-order valence-corrected chi connectivity index (χ3v) is 1.96. The Balaban J connectivity index is 1.95. The van der Waals surface area contributed by atoms with E-state index in [9.17, 15) is 0 Å². The van der Waals surface area contributed by atoms with Crippen LogP contribution in [0.5, 0.6) is 0 Å². The Labute approximate surface area is 86.0 Å². The average molecular weight is 200 g/mol. The lowest BCUT2D eigenvalue weighted by atomic mass is 10.2. The summed E-state index contributed by atoms with van der Waals surface area (Å²) in [6.07, 6.45) is 5.14. The van der Waals surface area contributed by atoms with Crippen molar-refractivity contribution >= 4 is 0 Å². The minimum atomic E-state index is -0.000877. The second-order valence-electron chi connectivity index (χ2n) is 3.73. The molecule has 0 N–H and O–H groups in total. The van der Waals surface area contributed by atoms with Crippen molar-refractivity contribution in [2.45, 2.75) is 39.4 Å². The highest BCUT2D eigenvalue weighted by Gasteiger charge is 2.13. The Morgan fingerprint density at radius 1 is 1.36 bits per heavy atom. The molecule has 1 aliphatic rings. The molecule has 1 heterocycles. The van der Waals surface area contributed by atoms with E-state index < -0.39 is 0 Å². The fourth-order valence-corrected chi connectivity index (χ4v) is 1.30. The Kier molecular flexibility index (Phi) is 5.64. The van der Waals surface area contributed by atoms with Crippen LogP contribution in [-0.4, -0.2) is 26.1 Å². The summed E-state index contributed by atoms with van der Waals surface area (Å²) in [4.78, 5) is 0. The molecule has 1 unspecified atom stereocenters. The minimum Gasteiger partial charge on any atom is -0.499 e. The quantitative estimate of drug-likeness (QED) is 0.504. The van der Waals surface area contributed by atoms with Gasteiger partial charge in [-0.2, -0.15) is 0 Å². The largest absolute Gasteiger partial charge is 0.499 e. The molecule has 1 rings (SSSR count). The van der Waals surface area contributed by atoms with Gasteiger partial charge in [-0.25, -0.2) is 0 Å². The first-order valence-electron chi connectivity index (χ1n) is 5.27. The van der Waals surface area contributed by atoms with Crippen LogP contribution in [0.1, 0.15) is 33.1 Å². The molecule has 1 saturated heterocycles. The van der Waals surface area contributed by atoms with Crippen LogP contribution in [0.3, 0.4) is 0 Å². The smallest absolute Gasteiger partial charge is 0.157 e. The van der Waals surface area contributed by atoms with E-state index in [1.807, 2.05) is 13.8 Å². The monoisotopic (exact) mass is 200 g/mol. The van der Waals surface area contributed by atoms with E-state index in [0.29, 0.717) is 13.2 Å². The third kappa shape index (κ3) is 5.25. The molecular weight excluding hydrogens is 180 g/mol. The van der Waals surface area contributed by atoms with Crippen molar-refractivity contribution in [1.82, 2.24) is 0 Å². The highest BCUT2D eigenvalue weighted by atomic mass is 16.7. The van der Waals surface area contributed by atoms with Crippen molar-refractivity contribution in [2.75, 3.05) is 19.8 Å². The van der Waals surface area contributed by atoms with Gasteiger partial charge in [-0.05, 0) is 38.7 Å². The minimum absolute atomic E-state index is 0.000877. The molecule has 3 heteroatoms. The summed E-state index contributed by atoms with van der Waals surface area (Å²) in [5.41, 5.74) is 1.17. The molecule has 1 aliphatic heterocycles. The van der Waals surface area contributed by atoms with E-state index in [-0.39, 0.29) is 6.29 Å². The maximum Gasteiger partial charge on any atom is 0.157 e. The molecule has 14 heavy (non-hydrogen) atoms. The Bertz CT molecular complexity index is 167. The van der Waals surface area contributed by atoms with Gasteiger partial charge in [-0.15, -0.1) is 0 Å². The molecule has 0 saturated carbocycles. The molecule has 0 aliphatic carbocycles. The van der Waals surface area contributed by atoms with Gasteiger partial charge in [0.05, 0.1) is 12.9 Å². The molecule has 0 spiro atoms. The molecule has 0 radical (unpaired) electrons. The first-order chi connectivity index (χ1) is 6.79. The van der Waals surface area contributed by atoms with Crippen LogP contribution in [-0.2, 0) is 14.2 Å². The summed E-state index contributed by atoms with van der Waals surface area (Å²) in [7, 11) is 0. The van der Waals surface area contributed by atoms with Crippen LogP contribution >= 0.6 is 0 Å². The van der Waals surface area contributed by atoms with Crippen molar-refractivity contribution in [3.05, 3.63) is 11.8 Å². The molecule has 82 valence electrons. The number of ether oxygens (including phenoxy) is 3. The Morgan fingerprint density at radius 2 is 2.21 bits per heavy atom. The molecule has 0 amide bonds. The van der Waals surface area contributed by atoms with E-state index in [4.69, 9.17) is 14.2 Å². The van der Waals surface area contributed by atoms with Crippen molar-refractivity contribution in [1.29, 1.82) is 0 Å². The van der Waals surface area contributed by atoms with E-state index in [2.05, 4.69) is 0 Å². The molecule has 0 aromatic heterocycles. The maximum absolute atomic E-state index is 5.49. The van der Waals surface area contributed by atoms with Crippen molar-refractivity contribution in [3.63, 3.8) is 0 Å². The van der Waals surface area contributed by atoms with Crippen LogP contribution in [0.15, 0.2) is 11.8 Å². The topological polar surface area (TPSA) is 27.7 Å². The van der Waals surface area contributed by atoms with Crippen LogP contribution in [0.2, 0.25) is 0 Å². The lowest BCUT2D eigenvalue weighted by Crippen LogP contribution is -2.23. The summed E-state index contributed by atoms with van der Waals surface area (Å²) < 4.78 is 16.1. The zero-order valence-electron chi connectivity index (χ0n) is 9.12. The van der Waals surface area contributed by atoms with Gasteiger partial charge < -0.3 is 14.2 Å². The summed E-state index contributed by atoms with van der Waals surface area (Å²) in [5.74, 6) is 0. The van der Waals surface area contributed by atoms with Crippen LogP contribution < -0.4 is 0 Å². The molecule has 1 fully saturated rings. The van der Waals surface area contributed by atoms with Crippen LogP contribution in [0, 0.1) is 0 Å². The van der Waals surface area contributed by atoms with Crippen molar-refractivity contribution in [3.8, 4) is 0 Å². The standard InChI is InChI=1S/C11H20O3/c1-10(2)9-12-7-8-14-11-5-3-4-6-13-11/h9,11H,3-8H2,1-2H3. The lowest BCUT2D eigenvalue weighted by molar-refractivity contribution is -0.166. The summed E-state index contributed by atoms with van der Waals surface area (Å²) in [5, 5.41) is 0. The first kappa shape index (κ1) is 11.5. The van der Waals surface area contributed by atoms with Gasteiger partial charge in [0.1, 0.15) is 6.61 Å². The van der Waals surface area contributed by atoms with Gasteiger partial charge >= 0.3 is 0 Å². The van der Waals surface area contributed by atoms with Gasteiger partial charge in [-0.1, -0.05) is 0 Å². The predicted molar refractivity (Wildman–Crippen MR) is 54.9 cm³/mol. The number of hydrogen-bond donors (Lipinski definition) is 0. The Morgan fingerprint density at radius 3 is 2.86 bits per heavy atom. The van der Waals surface area contributed by atoms with E-state index in [1.54, 1.807) is 6.26 Å². The van der Waals surface area contributed by atoms with E-state index in [1.165, 1.54) is 12.0 Å². The van der Waals surface area contributed by atoms with Crippen molar-refractivity contribution < 1.29 is 14.2 Å². The number of hydrogen-bond acceptors (Lipinski definition) is 3. The first-order valence-corrected chi connectivity index (χ1v) is 5.27. The van der Waals surface area contributed by atoms with Gasteiger partial charge in [0, 0.05) is 6.61 Å². The lowest BCUT2D eigenvalue weighted by Gasteiger charge is -2.22. The second-order valence-corrected chi connectivity index (χ2v) is 3.73. The average Bonchev–Trinajstić information content (AvgIpc) is 2.18. The number of rotatable bonds is 5. The normalized spacial score (nSPS) is 21.7. The predicted octanol–water partition coefficient (Wildman–Crippen LogP) is 2.47. The van der Waals surface area contributed by atoms with Gasteiger partial charge in [0.2, 0.25) is 0 Å². The van der Waals surface area contributed by atoms with E-state index >= 15 is 0 Å². The molecule has 0 aromatic carbocycles. The fourth-order valence-electron chi connectivity index (χ4n) is 1.30.